The number of H-pyrrole nitrogens is 1. The van der Waals surface area contributed by atoms with Gasteiger partial charge in [-0.2, -0.15) is 0 Å². The Kier molecular flexibility index (Phi) is 2.45. The Bertz CT molecular complexity index is 172. The quantitative estimate of drug-likeness (QED) is 0.655. The number of nitrogens with one attached hydrogen (secondary N) is 1. The molecule has 1 aromatic rings. The van der Waals surface area contributed by atoms with E-state index in [1.165, 1.54) is 0 Å². The molecule has 0 aliphatic carbocycles. The van der Waals surface area contributed by atoms with Crippen LogP contribution in [0.25, 0.3) is 0 Å². The standard InChI is InChI=1S/C7H12N2O/c1-6(2-3-10)7-4-8-5-9-7/h4-6,10H,2-3H2,1H3,(H,8,9). The van der Waals surface area contributed by atoms with Gasteiger partial charge in [0.2, 0.25) is 0 Å². The van der Waals surface area contributed by atoms with E-state index in [2.05, 4.69) is 16.9 Å². The fourth-order valence-corrected chi connectivity index (χ4v) is 0.885. The molecule has 3 nitrogen and oxygen atoms in total. The molecule has 1 heterocycles. The predicted molar refractivity (Wildman–Crippen MR) is 38.7 cm³/mol. The molecule has 0 saturated carbocycles. The molecule has 2 N–H and O–H groups in total. The number of aliphatic hydroxyl groups excluding tert-OH is 1. The average Bonchev–Trinajstić information content (AvgIpc) is 2.38. The van der Waals surface area contributed by atoms with Crippen molar-refractivity contribution in [3.05, 3.63) is 18.2 Å². The van der Waals surface area contributed by atoms with Gasteiger partial charge in [-0.05, 0) is 12.3 Å². The van der Waals surface area contributed by atoms with Crippen LogP contribution in [-0.4, -0.2) is 21.7 Å². The van der Waals surface area contributed by atoms with E-state index in [9.17, 15) is 0 Å². The van der Waals surface area contributed by atoms with Crippen LogP contribution in [0.15, 0.2) is 12.5 Å². The molecule has 1 unspecified atom stereocenters. The normalized spacial score (nSPS) is 13.4. The summed E-state index contributed by atoms with van der Waals surface area (Å²) in [6, 6.07) is 0. The number of nitrogens with zero attached hydrogens (tertiary/aromatic N) is 1. The molecular formula is C7H12N2O. The monoisotopic (exact) mass is 140 g/mol. The van der Waals surface area contributed by atoms with Crippen molar-refractivity contribution in [1.82, 2.24) is 9.97 Å². The molecule has 56 valence electrons. The van der Waals surface area contributed by atoms with E-state index in [-0.39, 0.29) is 6.61 Å². The molecule has 0 aromatic carbocycles. The minimum atomic E-state index is 0.236. The molecule has 10 heavy (non-hydrogen) atoms. The summed E-state index contributed by atoms with van der Waals surface area (Å²) in [6.07, 6.45) is 4.24. The zero-order chi connectivity index (χ0) is 7.40. The van der Waals surface area contributed by atoms with Gasteiger partial charge in [-0.25, -0.2) is 4.98 Å². The predicted octanol–water partition coefficient (Wildman–Crippen LogP) is 0.896. The third-order valence-corrected chi connectivity index (χ3v) is 1.61. The zero-order valence-corrected chi connectivity index (χ0v) is 6.04. The van der Waals surface area contributed by atoms with Crippen molar-refractivity contribution in [3.63, 3.8) is 0 Å². The van der Waals surface area contributed by atoms with E-state index in [1.807, 2.05) is 0 Å². The van der Waals surface area contributed by atoms with Gasteiger partial charge < -0.3 is 10.1 Å². The Morgan fingerprint density at radius 1 is 1.80 bits per heavy atom. The first-order valence-corrected chi connectivity index (χ1v) is 3.43. The van der Waals surface area contributed by atoms with Crippen LogP contribution in [0.1, 0.15) is 25.0 Å². The van der Waals surface area contributed by atoms with Crippen LogP contribution < -0.4 is 0 Å². The van der Waals surface area contributed by atoms with Gasteiger partial charge in [-0.1, -0.05) is 6.92 Å². The Morgan fingerprint density at radius 3 is 3.10 bits per heavy atom. The van der Waals surface area contributed by atoms with E-state index >= 15 is 0 Å². The van der Waals surface area contributed by atoms with Crippen molar-refractivity contribution in [3.8, 4) is 0 Å². The molecule has 0 radical (unpaired) electrons. The number of rotatable bonds is 3. The third-order valence-electron chi connectivity index (χ3n) is 1.61. The number of hydrogen-bond donors (Lipinski definition) is 2. The molecule has 0 aliphatic heterocycles. The third kappa shape index (κ3) is 1.57. The summed E-state index contributed by atoms with van der Waals surface area (Å²) < 4.78 is 0. The number of aliphatic hydroxyl groups is 1. The van der Waals surface area contributed by atoms with E-state index in [0.717, 1.165) is 12.1 Å². The topological polar surface area (TPSA) is 48.9 Å². The maximum absolute atomic E-state index is 8.60. The minimum absolute atomic E-state index is 0.236. The molecule has 0 amide bonds. The van der Waals surface area contributed by atoms with E-state index in [0.29, 0.717) is 5.92 Å². The number of hydrogen-bond acceptors (Lipinski definition) is 2. The number of aromatic nitrogens is 2. The highest BCUT2D eigenvalue weighted by Gasteiger charge is 2.04. The van der Waals surface area contributed by atoms with Gasteiger partial charge >= 0.3 is 0 Å². The summed E-state index contributed by atoms with van der Waals surface area (Å²) >= 11 is 0. The van der Waals surface area contributed by atoms with Gasteiger partial charge in [0.25, 0.3) is 0 Å². The zero-order valence-electron chi connectivity index (χ0n) is 6.04. The maximum atomic E-state index is 8.60. The van der Waals surface area contributed by atoms with E-state index in [1.54, 1.807) is 12.5 Å². The summed E-state index contributed by atoms with van der Waals surface area (Å²) in [4.78, 5) is 6.89. The van der Waals surface area contributed by atoms with Gasteiger partial charge in [0, 0.05) is 18.5 Å². The largest absolute Gasteiger partial charge is 0.396 e. The molecule has 0 bridgehead atoms. The SMILES string of the molecule is CC(CCO)c1cnc[nH]1. The Morgan fingerprint density at radius 2 is 2.60 bits per heavy atom. The first kappa shape index (κ1) is 7.28. The van der Waals surface area contributed by atoms with Crippen LogP contribution in [0.4, 0.5) is 0 Å². The van der Waals surface area contributed by atoms with Crippen molar-refractivity contribution in [2.45, 2.75) is 19.3 Å². The fraction of sp³-hybridized carbons (Fsp3) is 0.571. The van der Waals surface area contributed by atoms with Crippen LogP contribution >= 0.6 is 0 Å². The molecule has 0 spiro atoms. The number of aromatic amines is 1. The second kappa shape index (κ2) is 3.37. The van der Waals surface area contributed by atoms with Gasteiger partial charge in [-0.3, -0.25) is 0 Å². The Labute approximate surface area is 60.1 Å². The summed E-state index contributed by atoms with van der Waals surface area (Å²) in [7, 11) is 0. The number of imidazole rings is 1. The summed E-state index contributed by atoms with van der Waals surface area (Å²) in [6.45, 7) is 2.30. The highest BCUT2D eigenvalue weighted by atomic mass is 16.3. The molecule has 0 fully saturated rings. The van der Waals surface area contributed by atoms with Gasteiger partial charge in [0.15, 0.2) is 0 Å². The minimum Gasteiger partial charge on any atom is -0.396 e. The molecule has 1 aromatic heterocycles. The lowest BCUT2D eigenvalue weighted by atomic mass is 10.1. The first-order chi connectivity index (χ1) is 4.84. The molecule has 1 atom stereocenters. The Balaban J connectivity index is 2.50. The smallest absolute Gasteiger partial charge is 0.0921 e. The van der Waals surface area contributed by atoms with Crippen LogP contribution in [0.3, 0.4) is 0 Å². The van der Waals surface area contributed by atoms with Gasteiger partial charge in [-0.15, -0.1) is 0 Å². The maximum Gasteiger partial charge on any atom is 0.0921 e. The van der Waals surface area contributed by atoms with Crippen molar-refractivity contribution in [2.75, 3.05) is 6.61 Å². The highest BCUT2D eigenvalue weighted by Crippen LogP contribution is 2.13. The van der Waals surface area contributed by atoms with Crippen molar-refractivity contribution in [2.24, 2.45) is 0 Å². The second-order valence-electron chi connectivity index (χ2n) is 2.42. The fourth-order valence-electron chi connectivity index (χ4n) is 0.885. The molecule has 0 saturated heterocycles. The Hall–Kier alpha value is -0.830. The van der Waals surface area contributed by atoms with Crippen LogP contribution in [0, 0.1) is 0 Å². The molecular weight excluding hydrogens is 128 g/mol. The lowest BCUT2D eigenvalue weighted by Gasteiger charge is -2.04. The van der Waals surface area contributed by atoms with E-state index < -0.39 is 0 Å². The summed E-state index contributed by atoms with van der Waals surface area (Å²) in [5.41, 5.74) is 1.09. The lowest BCUT2D eigenvalue weighted by Crippen LogP contribution is -1.96. The van der Waals surface area contributed by atoms with Crippen molar-refractivity contribution in [1.29, 1.82) is 0 Å². The van der Waals surface area contributed by atoms with Crippen LogP contribution in [0.2, 0.25) is 0 Å². The molecule has 1 rings (SSSR count). The van der Waals surface area contributed by atoms with Crippen LogP contribution in [-0.2, 0) is 0 Å². The summed E-state index contributed by atoms with van der Waals surface area (Å²) in [5, 5.41) is 8.60. The average molecular weight is 140 g/mol. The summed E-state index contributed by atoms with van der Waals surface area (Å²) in [5.74, 6) is 0.382. The van der Waals surface area contributed by atoms with Gasteiger partial charge in [0.05, 0.1) is 6.33 Å². The lowest BCUT2D eigenvalue weighted by molar-refractivity contribution is 0.278. The van der Waals surface area contributed by atoms with Crippen molar-refractivity contribution >= 4 is 0 Å². The second-order valence-corrected chi connectivity index (χ2v) is 2.42. The highest BCUT2D eigenvalue weighted by molar-refractivity contribution is 5.01. The molecule has 0 aliphatic rings. The van der Waals surface area contributed by atoms with Crippen LogP contribution in [0.5, 0.6) is 0 Å². The van der Waals surface area contributed by atoms with Gasteiger partial charge in [0.1, 0.15) is 0 Å². The van der Waals surface area contributed by atoms with Crippen molar-refractivity contribution < 1.29 is 5.11 Å². The van der Waals surface area contributed by atoms with E-state index in [4.69, 9.17) is 5.11 Å². The first-order valence-electron chi connectivity index (χ1n) is 3.43. The molecule has 3 heteroatoms.